The maximum atomic E-state index is 13.7. The van der Waals surface area contributed by atoms with Crippen molar-refractivity contribution in [3.63, 3.8) is 0 Å². The first-order valence-electron chi connectivity index (χ1n) is 5.48. The molecule has 1 aliphatic rings. The van der Waals surface area contributed by atoms with E-state index in [2.05, 4.69) is 31.9 Å². The Labute approximate surface area is 116 Å². The first-order valence-corrected chi connectivity index (χ1v) is 7.19. The summed E-state index contributed by atoms with van der Waals surface area (Å²) in [7, 11) is 0. The van der Waals surface area contributed by atoms with Crippen molar-refractivity contribution in [3.05, 3.63) is 33.8 Å². The molecule has 0 amide bonds. The molecule has 2 unspecified atom stereocenters. The van der Waals surface area contributed by atoms with Crippen LogP contribution in [0.5, 0.6) is 0 Å². The molecule has 5 heteroatoms. The molecule has 0 radical (unpaired) electrons. The SMILES string of the molecule is Fc1cc(C(Br)CC2CCCO2)c(F)cc1Br. The van der Waals surface area contributed by atoms with E-state index in [1.165, 1.54) is 6.07 Å². The first-order chi connectivity index (χ1) is 8.08. The molecule has 2 atom stereocenters. The predicted molar refractivity (Wildman–Crippen MR) is 69.3 cm³/mol. The standard InChI is InChI=1S/C12H12Br2F2O/c13-9(4-7-2-1-3-17-7)8-5-12(16)10(14)6-11(8)15/h5-7,9H,1-4H2. The Kier molecular flexibility index (Phi) is 4.55. The molecule has 0 aliphatic carbocycles. The predicted octanol–water partition coefficient (Wildman–Crippen LogP) is 4.73. The van der Waals surface area contributed by atoms with Crippen LogP contribution >= 0.6 is 31.9 Å². The lowest BCUT2D eigenvalue weighted by Crippen LogP contribution is -2.09. The Balaban J connectivity index is 2.12. The molecule has 0 spiro atoms. The molecule has 0 bridgehead atoms. The second-order valence-electron chi connectivity index (χ2n) is 4.13. The van der Waals surface area contributed by atoms with Crippen LogP contribution in [0.15, 0.2) is 16.6 Å². The van der Waals surface area contributed by atoms with Gasteiger partial charge in [-0.05, 0) is 47.3 Å². The van der Waals surface area contributed by atoms with Gasteiger partial charge in [0.2, 0.25) is 0 Å². The second kappa shape index (κ2) is 5.76. The van der Waals surface area contributed by atoms with Gasteiger partial charge in [-0.3, -0.25) is 0 Å². The summed E-state index contributed by atoms with van der Waals surface area (Å²) in [5, 5.41) is 0. The molecular weight excluding hydrogens is 358 g/mol. The number of hydrogen-bond acceptors (Lipinski definition) is 1. The third kappa shape index (κ3) is 3.26. The molecule has 1 aromatic carbocycles. The summed E-state index contributed by atoms with van der Waals surface area (Å²) >= 11 is 6.37. The smallest absolute Gasteiger partial charge is 0.137 e. The van der Waals surface area contributed by atoms with Crippen molar-refractivity contribution in [2.45, 2.75) is 30.2 Å². The van der Waals surface area contributed by atoms with E-state index in [4.69, 9.17) is 4.74 Å². The zero-order chi connectivity index (χ0) is 12.4. The van der Waals surface area contributed by atoms with Crippen LogP contribution in [0.2, 0.25) is 0 Å². The van der Waals surface area contributed by atoms with E-state index >= 15 is 0 Å². The summed E-state index contributed by atoms with van der Waals surface area (Å²) in [5.41, 5.74) is 0.348. The lowest BCUT2D eigenvalue weighted by molar-refractivity contribution is 0.104. The summed E-state index contributed by atoms with van der Waals surface area (Å²) < 4.78 is 32.7. The van der Waals surface area contributed by atoms with Gasteiger partial charge in [0.25, 0.3) is 0 Å². The van der Waals surface area contributed by atoms with Gasteiger partial charge < -0.3 is 4.74 Å². The molecule has 1 aromatic rings. The summed E-state index contributed by atoms with van der Waals surface area (Å²) in [6, 6.07) is 2.39. The monoisotopic (exact) mass is 368 g/mol. The molecule has 2 rings (SSSR count). The van der Waals surface area contributed by atoms with Crippen molar-refractivity contribution in [1.29, 1.82) is 0 Å². The molecule has 94 valence electrons. The van der Waals surface area contributed by atoms with Crippen molar-refractivity contribution in [3.8, 4) is 0 Å². The van der Waals surface area contributed by atoms with E-state index in [0.29, 0.717) is 12.0 Å². The average Bonchev–Trinajstić information content (AvgIpc) is 2.76. The quantitative estimate of drug-likeness (QED) is 0.552. The molecule has 0 N–H and O–H groups in total. The summed E-state index contributed by atoms with van der Waals surface area (Å²) in [6.45, 7) is 0.765. The highest BCUT2D eigenvalue weighted by atomic mass is 79.9. The van der Waals surface area contributed by atoms with Gasteiger partial charge in [-0.25, -0.2) is 8.78 Å². The van der Waals surface area contributed by atoms with Gasteiger partial charge in [-0.15, -0.1) is 0 Å². The van der Waals surface area contributed by atoms with E-state index < -0.39 is 11.6 Å². The Morgan fingerprint density at radius 2 is 2.12 bits per heavy atom. The third-order valence-electron chi connectivity index (χ3n) is 2.87. The zero-order valence-corrected chi connectivity index (χ0v) is 12.2. The molecule has 1 fully saturated rings. The van der Waals surface area contributed by atoms with Crippen molar-refractivity contribution >= 4 is 31.9 Å². The molecule has 1 aliphatic heterocycles. The number of rotatable bonds is 3. The number of alkyl halides is 1. The maximum absolute atomic E-state index is 13.7. The topological polar surface area (TPSA) is 9.23 Å². The number of hydrogen-bond donors (Lipinski definition) is 0. The highest BCUT2D eigenvalue weighted by Gasteiger charge is 2.23. The van der Waals surface area contributed by atoms with Gasteiger partial charge in [-0.2, -0.15) is 0 Å². The van der Waals surface area contributed by atoms with Gasteiger partial charge in [0, 0.05) is 17.0 Å². The van der Waals surface area contributed by atoms with Crippen molar-refractivity contribution < 1.29 is 13.5 Å². The Morgan fingerprint density at radius 1 is 1.35 bits per heavy atom. The summed E-state index contributed by atoms with van der Waals surface area (Å²) in [5.74, 6) is -0.851. The van der Waals surface area contributed by atoms with Crippen LogP contribution in [0.25, 0.3) is 0 Å². The molecular formula is C12H12Br2F2O. The van der Waals surface area contributed by atoms with Crippen LogP contribution in [0.4, 0.5) is 8.78 Å². The number of halogens is 4. The van der Waals surface area contributed by atoms with E-state index in [-0.39, 0.29) is 15.4 Å². The Bertz CT molecular complexity index is 406. The van der Waals surface area contributed by atoms with E-state index in [1.54, 1.807) is 0 Å². The van der Waals surface area contributed by atoms with Gasteiger partial charge in [0.15, 0.2) is 0 Å². The summed E-state index contributed by atoms with van der Waals surface area (Å²) in [4.78, 5) is -0.215. The fourth-order valence-corrected chi connectivity index (χ4v) is 3.05. The molecule has 1 heterocycles. The maximum Gasteiger partial charge on any atom is 0.137 e. The van der Waals surface area contributed by atoms with E-state index in [9.17, 15) is 8.78 Å². The highest BCUT2D eigenvalue weighted by molar-refractivity contribution is 9.10. The largest absolute Gasteiger partial charge is 0.378 e. The zero-order valence-electron chi connectivity index (χ0n) is 9.06. The number of benzene rings is 1. The van der Waals surface area contributed by atoms with Crippen LogP contribution in [0, 0.1) is 11.6 Å². The average molecular weight is 370 g/mol. The van der Waals surface area contributed by atoms with Crippen molar-refractivity contribution in [2.75, 3.05) is 6.61 Å². The van der Waals surface area contributed by atoms with Crippen molar-refractivity contribution in [1.82, 2.24) is 0 Å². The Hall–Kier alpha value is -0.000000000000000111. The third-order valence-corrected chi connectivity index (χ3v) is 4.35. The van der Waals surface area contributed by atoms with Crippen LogP contribution in [-0.4, -0.2) is 12.7 Å². The summed E-state index contributed by atoms with van der Waals surface area (Å²) in [6.07, 6.45) is 2.84. The molecule has 1 saturated heterocycles. The van der Waals surface area contributed by atoms with Crippen LogP contribution < -0.4 is 0 Å². The second-order valence-corrected chi connectivity index (χ2v) is 6.09. The molecule has 0 saturated carbocycles. The normalized spacial score (nSPS) is 21.8. The fraction of sp³-hybridized carbons (Fsp3) is 0.500. The van der Waals surface area contributed by atoms with Gasteiger partial charge in [-0.1, -0.05) is 15.9 Å². The van der Waals surface area contributed by atoms with Crippen LogP contribution in [0.1, 0.15) is 29.7 Å². The lowest BCUT2D eigenvalue weighted by Gasteiger charge is -2.16. The molecule has 0 aromatic heterocycles. The van der Waals surface area contributed by atoms with E-state index in [1.807, 2.05) is 0 Å². The van der Waals surface area contributed by atoms with Gasteiger partial charge in [0.1, 0.15) is 11.6 Å². The van der Waals surface area contributed by atoms with Crippen molar-refractivity contribution in [2.24, 2.45) is 0 Å². The fourth-order valence-electron chi connectivity index (χ4n) is 1.97. The van der Waals surface area contributed by atoms with E-state index in [0.717, 1.165) is 25.5 Å². The van der Waals surface area contributed by atoms with Crippen LogP contribution in [-0.2, 0) is 4.74 Å². The first kappa shape index (κ1) is 13.4. The van der Waals surface area contributed by atoms with Gasteiger partial charge in [0.05, 0.1) is 10.6 Å². The lowest BCUT2D eigenvalue weighted by atomic mass is 10.0. The minimum atomic E-state index is -0.446. The molecule has 17 heavy (non-hydrogen) atoms. The molecule has 1 nitrogen and oxygen atoms in total. The Morgan fingerprint density at radius 3 is 2.76 bits per heavy atom. The minimum Gasteiger partial charge on any atom is -0.378 e. The van der Waals surface area contributed by atoms with Crippen LogP contribution in [0.3, 0.4) is 0 Å². The van der Waals surface area contributed by atoms with Gasteiger partial charge >= 0.3 is 0 Å². The number of ether oxygens (including phenoxy) is 1. The minimum absolute atomic E-state index is 0.144. The highest BCUT2D eigenvalue weighted by Crippen LogP contribution is 2.34.